The maximum absolute atomic E-state index is 11.5. The molecule has 0 aromatic rings. The lowest BCUT2D eigenvalue weighted by atomic mass is 9.79. The normalized spacial score (nSPS) is 45.2. The summed E-state index contributed by atoms with van der Waals surface area (Å²) in [4.78, 5) is 22.6. The van der Waals surface area contributed by atoms with Gasteiger partial charge in [0.15, 0.2) is 0 Å². The average Bonchev–Trinajstić information content (AvgIpc) is 2.77. The molecule has 0 unspecified atom stereocenters. The number of rotatable bonds is 3. The fraction of sp³-hybridized carbons (Fsp3) is 0.733. The molecular formula is C15H20O3. The molecule has 1 aliphatic heterocycles. The van der Waals surface area contributed by atoms with Gasteiger partial charge in [0.25, 0.3) is 0 Å². The highest BCUT2D eigenvalue weighted by molar-refractivity contribution is 5.90. The van der Waals surface area contributed by atoms with Crippen LogP contribution in [0.15, 0.2) is 12.2 Å². The van der Waals surface area contributed by atoms with Crippen molar-refractivity contribution in [2.75, 3.05) is 0 Å². The Bertz CT molecular complexity index is 439. The summed E-state index contributed by atoms with van der Waals surface area (Å²) in [6.07, 6.45) is 3.71. The third-order valence-electron chi connectivity index (χ3n) is 5.44. The van der Waals surface area contributed by atoms with Gasteiger partial charge in [0.1, 0.15) is 11.9 Å². The number of carbonyl (C=O) groups excluding carboxylic acids is 2. The second-order valence-electron chi connectivity index (χ2n) is 6.47. The Kier molecular flexibility index (Phi) is 2.45. The van der Waals surface area contributed by atoms with Gasteiger partial charge in [-0.1, -0.05) is 13.5 Å². The van der Waals surface area contributed by atoms with Crippen molar-refractivity contribution in [2.45, 2.75) is 45.6 Å². The van der Waals surface area contributed by atoms with Crippen molar-refractivity contribution < 1.29 is 14.3 Å². The molecule has 0 aromatic heterocycles. The highest BCUT2D eigenvalue weighted by Gasteiger charge is 2.66. The molecule has 3 rings (SSSR count). The van der Waals surface area contributed by atoms with Crippen LogP contribution in [0.3, 0.4) is 0 Å². The van der Waals surface area contributed by atoms with Crippen molar-refractivity contribution in [2.24, 2.45) is 23.2 Å². The minimum atomic E-state index is -0.199. The first-order chi connectivity index (χ1) is 8.43. The predicted octanol–water partition coefficient (Wildman–Crippen LogP) is 2.50. The van der Waals surface area contributed by atoms with Crippen LogP contribution < -0.4 is 0 Å². The second-order valence-corrected chi connectivity index (χ2v) is 6.47. The Balaban J connectivity index is 1.69. The molecule has 3 aliphatic rings. The van der Waals surface area contributed by atoms with Gasteiger partial charge in [-0.15, -0.1) is 0 Å². The van der Waals surface area contributed by atoms with E-state index in [9.17, 15) is 9.59 Å². The van der Waals surface area contributed by atoms with Gasteiger partial charge in [-0.05, 0) is 43.4 Å². The number of esters is 1. The van der Waals surface area contributed by atoms with Crippen LogP contribution in [0.25, 0.3) is 0 Å². The van der Waals surface area contributed by atoms with Crippen LogP contribution >= 0.6 is 0 Å². The van der Waals surface area contributed by atoms with E-state index in [4.69, 9.17) is 4.74 Å². The first-order valence-corrected chi connectivity index (χ1v) is 6.82. The predicted molar refractivity (Wildman–Crippen MR) is 66.7 cm³/mol. The van der Waals surface area contributed by atoms with E-state index in [-0.39, 0.29) is 23.8 Å². The molecule has 0 bridgehead atoms. The Morgan fingerprint density at radius 2 is 2.28 bits per heavy atom. The van der Waals surface area contributed by atoms with Gasteiger partial charge in [0.2, 0.25) is 0 Å². The lowest BCUT2D eigenvalue weighted by Crippen LogP contribution is -2.26. The minimum Gasteiger partial charge on any atom is -0.458 e. The molecule has 0 N–H and O–H groups in total. The zero-order chi connectivity index (χ0) is 13.1. The van der Waals surface area contributed by atoms with E-state index in [1.165, 1.54) is 0 Å². The van der Waals surface area contributed by atoms with Gasteiger partial charge in [-0.2, -0.15) is 0 Å². The van der Waals surface area contributed by atoms with E-state index in [1.54, 1.807) is 6.92 Å². The molecule has 2 saturated carbocycles. The van der Waals surface area contributed by atoms with Gasteiger partial charge in [0, 0.05) is 17.9 Å². The number of hydrogen-bond acceptors (Lipinski definition) is 3. The van der Waals surface area contributed by atoms with Crippen molar-refractivity contribution >= 4 is 11.8 Å². The van der Waals surface area contributed by atoms with Crippen molar-refractivity contribution in [3.8, 4) is 0 Å². The highest BCUT2D eigenvalue weighted by Crippen LogP contribution is 2.70. The van der Waals surface area contributed by atoms with E-state index in [2.05, 4.69) is 13.5 Å². The summed E-state index contributed by atoms with van der Waals surface area (Å²) >= 11 is 0. The number of carbonyl (C=O) groups is 2. The lowest BCUT2D eigenvalue weighted by molar-refractivity contribution is -0.140. The number of ketones is 1. The molecular weight excluding hydrogens is 228 g/mol. The van der Waals surface area contributed by atoms with Crippen LogP contribution in [0.5, 0.6) is 0 Å². The van der Waals surface area contributed by atoms with Crippen LogP contribution in [-0.4, -0.2) is 17.9 Å². The molecule has 1 heterocycles. The summed E-state index contributed by atoms with van der Waals surface area (Å²) in [5.41, 5.74) is 0.959. The maximum atomic E-state index is 11.5. The highest BCUT2D eigenvalue weighted by atomic mass is 16.6. The molecule has 0 spiro atoms. The third-order valence-corrected chi connectivity index (χ3v) is 5.44. The van der Waals surface area contributed by atoms with E-state index < -0.39 is 0 Å². The van der Waals surface area contributed by atoms with Gasteiger partial charge in [-0.25, -0.2) is 4.79 Å². The molecule has 3 nitrogen and oxygen atoms in total. The summed E-state index contributed by atoms with van der Waals surface area (Å²) < 4.78 is 5.41. The van der Waals surface area contributed by atoms with E-state index >= 15 is 0 Å². The molecule has 0 radical (unpaired) electrons. The Morgan fingerprint density at radius 3 is 2.94 bits per heavy atom. The Hall–Kier alpha value is -1.12. The molecule has 3 fully saturated rings. The number of hydrogen-bond donors (Lipinski definition) is 0. The molecule has 5 atom stereocenters. The Morgan fingerprint density at radius 1 is 1.56 bits per heavy atom. The van der Waals surface area contributed by atoms with Crippen LogP contribution in [-0.2, 0) is 14.3 Å². The summed E-state index contributed by atoms with van der Waals surface area (Å²) in [7, 11) is 0. The smallest absolute Gasteiger partial charge is 0.334 e. The average molecular weight is 248 g/mol. The van der Waals surface area contributed by atoms with Crippen LogP contribution in [0.4, 0.5) is 0 Å². The lowest BCUT2D eigenvalue weighted by Gasteiger charge is -2.27. The molecule has 0 aromatic carbocycles. The number of ether oxygens (including phenoxy) is 1. The van der Waals surface area contributed by atoms with E-state index in [1.807, 2.05) is 0 Å². The van der Waals surface area contributed by atoms with Crippen molar-refractivity contribution in [1.82, 2.24) is 0 Å². The third kappa shape index (κ3) is 1.56. The topological polar surface area (TPSA) is 43.4 Å². The van der Waals surface area contributed by atoms with E-state index in [0.717, 1.165) is 19.3 Å². The number of Topliss-reactive ketones (excluding diaryl/α,β-unsaturated/α-hetero) is 1. The second kappa shape index (κ2) is 3.69. The summed E-state index contributed by atoms with van der Waals surface area (Å²) in [6, 6.07) is 0. The number of fused-ring (bicyclic) bond motifs is 2. The van der Waals surface area contributed by atoms with Gasteiger partial charge >= 0.3 is 5.97 Å². The zero-order valence-corrected chi connectivity index (χ0v) is 11.1. The van der Waals surface area contributed by atoms with Crippen molar-refractivity contribution in [3.63, 3.8) is 0 Å². The SMILES string of the molecule is C=C1C(=O)O[C@@H]2C[C@]3(C)[C@@H](CCC(C)=O)[C@@H]3C[C@H]12. The fourth-order valence-electron chi connectivity index (χ4n) is 4.25. The van der Waals surface area contributed by atoms with Crippen LogP contribution in [0, 0.1) is 23.2 Å². The first-order valence-electron chi connectivity index (χ1n) is 6.82. The molecule has 0 amide bonds. The molecule has 98 valence electrons. The first kappa shape index (κ1) is 11.9. The fourth-order valence-corrected chi connectivity index (χ4v) is 4.25. The summed E-state index contributed by atoms with van der Waals surface area (Å²) in [6.45, 7) is 7.81. The van der Waals surface area contributed by atoms with Gasteiger partial charge < -0.3 is 9.53 Å². The monoisotopic (exact) mass is 248 g/mol. The Labute approximate surface area is 108 Å². The van der Waals surface area contributed by atoms with Crippen LogP contribution in [0.2, 0.25) is 0 Å². The van der Waals surface area contributed by atoms with E-state index in [0.29, 0.717) is 29.2 Å². The quantitative estimate of drug-likeness (QED) is 0.569. The maximum Gasteiger partial charge on any atom is 0.334 e. The summed E-state index contributed by atoms with van der Waals surface area (Å²) in [5.74, 6) is 1.61. The molecule has 2 aliphatic carbocycles. The zero-order valence-electron chi connectivity index (χ0n) is 11.1. The van der Waals surface area contributed by atoms with Crippen molar-refractivity contribution in [3.05, 3.63) is 12.2 Å². The largest absolute Gasteiger partial charge is 0.458 e. The van der Waals surface area contributed by atoms with Crippen LogP contribution in [0.1, 0.15) is 39.5 Å². The van der Waals surface area contributed by atoms with Crippen molar-refractivity contribution in [1.29, 1.82) is 0 Å². The van der Waals surface area contributed by atoms with Gasteiger partial charge in [0.05, 0.1) is 0 Å². The minimum absolute atomic E-state index is 0.0496. The summed E-state index contributed by atoms with van der Waals surface area (Å²) in [5, 5.41) is 0. The molecule has 3 heteroatoms. The molecule has 18 heavy (non-hydrogen) atoms. The van der Waals surface area contributed by atoms with Gasteiger partial charge in [-0.3, -0.25) is 0 Å². The molecule has 1 saturated heterocycles. The standard InChI is InChI=1S/C15H20O3/c1-8(16)4-5-11-12-6-10-9(2)14(17)18-13(10)7-15(11,12)3/h10-13H,2,4-7H2,1,3H3/t10-,11+,12+,13-,15-/m1/s1.